The Morgan fingerprint density at radius 1 is 1.21 bits per heavy atom. The first-order valence-corrected chi connectivity index (χ1v) is 14.0. The number of thiophene rings is 1. The first-order valence-electron chi connectivity index (χ1n) is 12.8. The summed E-state index contributed by atoms with van der Waals surface area (Å²) in [6, 6.07) is 13.7. The first-order chi connectivity index (χ1) is 18.4. The third-order valence-electron chi connectivity index (χ3n) is 7.57. The van der Waals surface area contributed by atoms with Crippen LogP contribution in [0.2, 0.25) is 5.02 Å². The minimum absolute atomic E-state index is 0.0560. The molecule has 5 rings (SSSR count). The van der Waals surface area contributed by atoms with Crippen LogP contribution in [0.15, 0.2) is 54.9 Å². The maximum atomic E-state index is 14.6. The van der Waals surface area contributed by atoms with Crippen molar-refractivity contribution >= 4 is 38.9 Å². The van der Waals surface area contributed by atoms with Crippen molar-refractivity contribution in [3.63, 3.8) is 0 Å². The maximum absolute atomic E-state index is 14.6. The van der Waals surface area contributed by atoms with Crippen LogP contribution in [0, 0.1) is 12.7 Å². The van der Waals surface area contributed by atoms with Gasteiger partial charge in [-0.3, -0.25) is 9.78 Å². The number of fused-ring (bicyclic) bond motifs is 1. The molecule has 0 aliphatic heterocycles. The van der Waals surface area contributed by atoms with Crippen molar-refractivity contribution in [1.29, 1.82) is 0 Å². The Hall–Kier alpha value is -3.00. The highest BCUT2D eigenvalue weighted by molar-refractivity contribution is 7.21. The van der Waals surface area contributed by atoms with Gasteiger partial charge in [-0.25, -0.2) is 4.39 Å². The molecule has 1 N–H and O–H groups in total. The van der Waals surface area contributed by atoms with E-state index in [-0.39, 0.29) is 11.9 Å². The highest BCUT2D eigenvalue weighted by Gasteiger charge is 2.32. The van der Waals surface area contributed by atoms with Crippen LogP contribution in [0.4, 0.5) is 4.39 Å². The van der Waals surface area contributed by atoms with Gasteiger partial charge >= 0.3 is 0 Å². The van der Waals surface area contributed by atoms with Gasteiger partial charge in [-0.2, -0.15) is 0 Å². The largest absolute Gasteiger partial charge is 0.496 e. The predicted octanol–water partition coefficient (Wildman–Crippen LogP) is 7.25. The number of aromatic nitrogens is 1. The lowest BCUT2D eigenvalue weighted by Crippen LogP contribution is -2.44. The number of hydrogen-bond donors (Lipinski definition) is 1. The SMILES string of the molecule is CN[C@H]1CC[C@H](N(Cc2cc(-c3ccncc3F)ccc2OC)C(=O)c2sc3cccc(C)c3c2Cl)CC1. The highest BCUT2D eigenvalue weighted by Crippen LogP contribution is 2.40. The van der Waals surface area contributed by atoms with Crippen molar-refractivity contribution < 1.29 is 13.9 Å². The van der Waals surface area contributed by atoms with Crippen molar-refractivity contribution in [2.45, 2.75) is 51.2 Å². The molecule has 0 radical (unpaired) electrons. The van der Waals surface area contributed by atoms with Crippen LogP contribution >= 0.6 is 22.9 Å². The average Bonchev–Trinajstić information content (AvgIpc) is 3.29. The predicted molar refractivity (Wildman–Crippen MR) is 153 cm³/mol. The Morgan fingerprint density at radius 3 is 2.68 bits per heavy atom. The molecule has 0 atom stereocenters. The van der Waals surface area contributed by atoms with E-state index in [1.165, 1.54) is 17.5 Å². The summed E-state index contributed by atoms with van der Waals surface area (Å²) >= 11 is 8.29. The second-order valence-corrected chi connectivity index (χ2v) is 11.2. The monoisotopic (exact) mass is 551 g/mol. The molecule has 198 valence electrons. The number of methoxy groups -OCH3 is 1. The van der Waals surface area contributed by atoms with Crippen LogP contribution < -0.4 is 10.1 Å². The quantitative estimate of drug-likeness (QED) is 0.263. The molecule has 0 saturated heterocycles. The van der Waals surface area contributed by atoms with E-state index in [2.05, 4.69) is 10.3 Å². The summed E-state index contributed by atoms with van der Waals surface area (Å²) in [5, 5.41) is 4.83. The molecule has 1 aliphatic rings. The number of carbonyl (C=O) groups excluding carboxylic acids is 1. The first kappa shape index (κ1) is 26.6. The molecule has 0 unspecified atom stereocenters. The number of halogens is 2. The lowest BCUT2D eigenvalue weighted by atomic mass is 9.89. The standard InChI is InChI=1S/C30H31ClFN3O2S/c1-18-5-4-6-26-27(18)28(31)29(38-26)30(36)35(22-10-8-21(33-2)9-11-22)17-20-15-19(7-12-25(20)37-3)23-13-14-34-16-24(23)32/h4-7,12-16,21-22,33H,8-11,17H2,1-3H3/t21-,22-. The lowest BCUT2D eigenvalue weighted by molar-refractivity contribution is 0.0604. The fourth-order valence-corrected chi connectivity index (χ4v) is 7.08. The molecule has 4 aromatic rings. The fraction of sp³-hybridized carbons (Fsp3) is 0.333. The second kappa shape index (κ2) is 11.4. The minimum Gasteiger partial charge on any atom is -0.496 e. The van der Waals surface area contributed by atoms with Gasteiger partial charge in [0.2, 0.25) is 0 Å². The van der Waals surface area contributed by atoms with Crippen molar-refractivity contribution in [2.24, 2.45) is 0 Å². The summed E-state index contributed by atoms with van der Waals surface area (Å²) < 4.78 is 21.3. The summed E-state index contributed by atoms with van der Waals surface area (Å²) in [5.74, 6) is 0.184. The van der Waals surface area contributed by atoms with E-state index < -0.39 is 5.82 Å². The topological polar surface area (TPSA) is 54.5 Å². The molecule has 1 aliphatic carbocycles. The minimum atomic E-state index is -0.394. The Kier molecular flexibility index (Phi) is 7.98. The van der Waals surface area contributed by atoms with Crippen molar-refractivity contribution in [2.75, 3.05) is 14.2 Å². The number of amides is 1. The lowest BCUT2D eigenvalue weighted by Gasteiger charge is -2.37. The molecular weight excluding hydrogens is 521 g/mol. The molecule has 5 nitrogen and oxygen atoms in total. The number of pyridine rings is 1. The van der Waals surface area contributed by atoms with Gasteiger partial charge in [0.05, 0.1) is 18.3 Å². The highest BCUT2D eigenvalue weighted by atomic mass is 35.5. The molecule has 1 fully saturated rings. The van der Waals surface area contributed by atoms with Gasteiger partial charge in [-0.15, -0.1) is 11.3 Å². The third kappa shape index (κ3) is 5.15. The van der Waals surface area contributed by atoms with Gasteiger partial charge in [0.1, 0.15) is 16.4 Å². The number of benzene rings is 2. The Balaban J connectivity index is 1.55. The van der Waals surface area contributed by atoms with Crippen molar-refractivity contribution in [3.8, 4) is 16.9 Å². The van der Waals surface area contributed by atoms with Crippen LogP contribution in [0.25, 0.3) is 21.2 Å². The maximum Gasteiger partial charge on any atom is 0.266 e. The Labute approximate surface area is 231 Å². The van der Waals surface area contributed by atoms with Crippen molar-refractivity contribution in [1.82, 2.24) is 15.2 Å². The van der Waals surface area contributed by atoms with Crippen LogP contribution in [0.1, 0.15) is 46.5 Å². The van der Waals surface area contributed by atoms with Gasteiger partial charge in [0.25, 0.3) is 5.91 Å². The third-order valence-corrected chi connectivity index (χ3v) is 9.20. The summed E-state index contributed by atoms with van der Waals surface area (Å²) in [7, 11) is 3.60. The Bertz CT molecular complexity index is 1470. The van der Waals surface area contributed by atoms with Gasteiger partial charge in [-0.1, -0.05) is 29.8 Å². The molecule has 1 amide bonds. The zero-order chi connectivity index (χ0) is 26.8. The van der Waals surface area contributed by atoms with E-state index in [0.29, 0.717) is 39.4 Å². The number of ether oxygens (including phenoxy) is 1. The van der Waals surface area contributed by atoms with E-state index in [4.69, 9.17) is 16.3 Å². The van der Waals surface area contributed by atoms with E-state index in [9.17, 15) is 9.18 Å². The van der Waals surface area contributed by atoms with Crippen LogP contribution in [0.5, 0.6) is 5.75 Å². The molecule has 2 aromatic carbocycles. The summed E-state index contributed by atoms with van der Waals surface area (Å²) in [5.41, 5.74) is 3.04. The number of nitrogens with one attached hydrogen (secondary N) is 1. The number of rotatable bonds is 7. The molecule has 0 spiro atoms. The molecule has 1 saturated carbocycles. The van der Waals surface area contributed by atoms with E-state index in [1.807, 2.05) is 55.3 Å². The number of aryl methyl sites for hydroxylation is 1. The van der Waals surface area contributed by atoms with Gasteiger partial charge in [0, 0.05) is 46.0 Å². The summed E-state index contributed by atoms with van der Waals surface area (Å²) in [6.45, 7) is 2.35. The van der Waals surface area contributed by atoms with Crippen molar-refractivity contribution in [3.05, 3.63) is 81.7 Å². The Morgan fingerprint density at radius 2 is 2.00 bits per heavy atom. The van der Waals surface area contributed by atoms with E-state index in [1.54, 1.807) is 19.4 Å². The van der Waals surface area contributed by atoms with Gasteiger partial charge in [0.15, 0.2) is 0 Å². The molecule has 8 heteroatoms. The van der Waals surface area contributed by atoms with E-state index in [0.717, 1.165) is 46.9 Å². The number of hydrogen-bond acceptors (Lipinski definition) is 5. The normalized spacial score (nSPS) is 17.5. The molecule has 2 aromatic heterocycles. The van der Waals surface area contributed by atoms with Crippen LogP contribution in [-0.2, 0) is 6.54 Å². The van der Waals surface area contributed by atoms with Gasteiger partial charge in [-0.05, 0) is 75.0 Å². The average molecular weight is 552 g/mol. The zero-order valence-corrected chi connectivity index (χ0v) is 23.3. The van der Waals surface area contributed by atoms with Gasteiger partial charge < -0.3 is 15.0 Å². The smallest absolute Gasteiger partial charge is 0.266 e. The van der Waals surface area contributed by atoms with Crippen LogP contribution in [-0.4, -0.2) is 42.0 Å². The van der Waals surface area contributed by atoms with E-state index >= 15 is 0 Å². The molecule has 2 heterocycles. The summed E-state index contributed by atoms with van der Waals surface area (Å²) in [6.07, 6.45) is 6.54. The zero-order valence-electron chi connectivity index (χ0n) is 21.8. The molecular formula is C30H31ClFN3O2S. The number of carbonyl (C=O) groups is 1. The summed E-state index contributed by atoms with van der Waals surface area (Å²) in [4.78, 5) is 20.6. The van der Waals surface area contributed by atoms with Crippen LogP contribution in [0.3, 0.4) is 0 Å². The molecule has 0 bridgehead atoms. The fourth-order valence-electron chi connectivity index (χ4n) is 5.45. The number of nitrogens with zero attached hydrogens (tertiary/aromatic N) is 2. The molecule has 38 heavy (non-hydrogen) atoms. The second-order valence-electron chi connectivity index (χ2n) is 9.80.